The van der Waals surface area contributed by atoms with Crippen LogP contribution in [0.25, 0.3) is 0 Å². The third kappa shape index (κ3) is 2.45. The smallest absolute Gasteiger partial charge is 0.325 e. The van der Waals surface area contributed by atoms with E-state index in [-0.39, 0.29) is 24.3 Å². The highest BCUT2D eigenvalue weighted by Crippen LogP contribution is 2.48. The van der Waals surface area contributed by atoms with Crippen LogP contribution in [0.3, 0.4) is 0 Å². The summed E-state index contributed by atoms with van der Waals surface area (Å²) in [5, 5.41) is 0. The normalized spacial score (nSPS) is 30.4. The molecule has 1 amide bonds. The number of fused-ring (bicyclic) bond motifs is 2. The molecule has 0 aromatic carbocycles. The summed E-state index contributed by atoms with van der Waals surface area (Å²) >= 11 is 0. The first-order chi connectivity index (χ1) is 8.15. The van der Waals surface area contributed by atoms with Crippen LogP contribution in [0.5, 0.6) is 0 Å². The minimum atomic E-state index is -0.330. The molecular formula is C13H21NO3. The molecule has 4 heteroatoms. The molecule has 96 valence electrons. The van der Waals surface area contributed by atoms with E-state index in [2.05, 4.69) is 4.74 Å². The number of likely N-dealkylation sites (N-methyl/N-ethyl adjacent to an activating group) is 1. The molecular weight excluding hydrogens is 218 g/mol. The van der Waals surface area contributed by atoms with Gasteiger partial charge in [0.2, 0.25) is 5.91 Å². The number of hydrogen-bond donors (Lipinski definition) is 0. The van der Waals surface area contributed by atoms with Gasteiger partial charge in [0, 0.05) is 12.5 Å². The fraction of sp³-hybridized carbons (Fsp3) is 0.846. The van der Waals surface area contributed by atoms with Gasteiger partial charge in [0.1, 0.15) is 6.54 Å². The maximum atomic E-state index is 12.3. The van der Waals surface area contributed by atoms with Gasteiger partial charge < -0.3 is 9.64 Å². The van der Waals surface area contributed by atoms with Crippen molar-refractivity contribution in [2.45, 2.75) is 32.6 Å². The van der Waals surface area contributed by atoms with Crippen LogP contribution in [0.2, 0.25) is 0 Å². The van der Waals surface area contributed by atoms with Gasteiger partial charge in [0.25, 0.3) is 0 Å². The van der Waals surface area contributed by atoms with Crippen molar-refractivity contribution < 1.29 is 14.3 Å². The zero-order valence-electron chi connectivity index (χ0n) is 10.6. The molecule has 0 N–H and O–H groups in total. The number of esters is 1. The van der Waals surface area contributed by atoms with Crippen LogP contribution in [0.15, 0.2) is 0 Å². The largest absolute Gasteiger partial charge is 0.468 e. The van der Waals surface area contributed by atoms with E-state index in [0.717, 1.165) is 12.3 Å². The second-order valence-corrected chi connectivity index (χ2v) is 5.21. The summed E-state index contributed by atoms with van der Waals surface area (Å²) in [5.74, 6) is 1.32. The van der Waals surface area contributed by atoms with Gasteiger partial charge in [-0.15, -0.1) is 0 Å². The Balaban J connectivity index is 1.95. The molecule has 0 saturated heterocycles. The highest BCUT2D eigenvalue weighted by Gasteiger charge is 2.44. The Morgan fingerprint density at radius 3 is 2.53 bits per heavy atom. The molecule has 0 aromatic rings. The van der Waals surface area contributed by atoms with Gasteiger partial charge in [-0.25, -0.2) is 0 Å². The van der Waals surface area contributed by atoms with Crippen LogP contribution in [-0.2, 0) is 14.3 Å². The Labute approximate surface area is 102 Å². The molecule has 0 spiro atoms. The number of carbonyl (C=O) groups is 2. The molecule has 2 fully saturated rings. The predicted molar refractivity (Wildman–Crippen MR) is 63.2 cm³/mol. The van der Waals surface area contributed by atoms with Crippen molar-refractivity contribution in [3.05, 3.63) is 0 Å². The highest BCUT2D eigenvalue weighted by atomic mass is 16.5. The maximum absolute atomic E-state index is 12.3. The first-order valence-corrected chi connectivity index (χ1v) is 6.51. The number of carbonyl (C=O) groups excluding carboxylic acids is 2. The molecule has 17 heavy (non-hydrogen) atoms. The number of amides is 1. The lowest BCUT2D eigenvalue weighted by Gasteiger charge is -2.27. The van der Waals surface area contributed by atoms with Crippen molar-refractivity contribution in [3.8, 4) is 0 Å². The van der Waals surface area contributed by atoms with E-state index < -0.39 is 0 Å². The van der Waals surface area contributed by atoms with Crippen LogP contribution in [0.4, 0.5) is 0 Å². The summed E-state index contributed by atoms with van der Waals surface area (Å²) in [5.41, 5.74) is 0. The molecule has 0 aliphatic heterocycles. The van der Waals surface area contributed by atoms with Crippen molar-refractivity contribution in [2.75, 3.05) is 20.2 Å². The molecule has 0 heterocycles. The fourth-order valence-corrected chi connectivity index (χ4v) is 3.35. The lowest BCUT2D eigenvalue weighted by atomic mass is 9.88. The number of rotatable bonds is 4. The molecule has 4 nitrogen and oxygen atoms in total. The Morgan fingerprint density at radius 2 is 2.06 bits per heavy atom. The van der Waals surface area contributed by atoms with E-state index in [9.17, 15) is 9.59 Å². The molecule has 2 aliphatic rings. The number of ether oxygens (including phenoxy) is 1. The summed E-state index contributed by atoms with van der Waals surface area (Å²) in [4.78, 5) is 25.2. The van der Waals surface area contributed by atoms with Gasteiger partial charge in [0.05, 0.1) is 7.11 Å². The van der Waals surface area contributed by atoms with E-state index in [1.165, 1.54) is 26.4 Å². The summed E-state index contributed by atoms with van der Waals surface area (Å²) in [6.45, 7) is 2.59. The van der Waals surface area contributed by atoms with Crippen LogP contribution in [-0.4, -0.2) is 37.0 Å². The maximum Gasteiger partial charge on any atom is 0.325 e. The Hall–Kier alpha value is -1.06. The SMILES string of the molecule is CCN(CC(=O)OC)C(=O)C1CC2CCC1C2. The summed E-state index contributed by atoms with van der Waals surface area (Å²) in [6.07, 6.45) is 4.72. The predicted octanol–water partition coefficient (Wildman–Crippen LogP) is 1.44. The molecule has 2 rings (SSSR count). The van der Waals surface area contributed by atoms with Crippen LogP contribution >= 0.6 is 0 Å². The van der Waals surface area contributed by atoms with Crippen molar-refractivity contribution in [2.24, 2.45) is 17.8 Å². The lowest BCUT2D eigenvalue weighted by Crippen LogP contribution is -2.41. The second kappa shape index (κ2) is 5.07. The van der Waals surface area contributed by atoms with Crippen LogP contribution < -0.4 is 0 Å². The Morgan fingerprint density at radius 1 is 1.29 bits per heavy atom. The highest BCUT2D eigenvalue weighted by molar-refractivity contribution is 5.84. The van der Waals surface area contributed by atoms with Gasteiger partial charge in [-0.3, -0.25) is 9.59 Å². The van der Waals surface area contributed by atoms with Gasteiger partial charge in [-0.2, -0.15) is 0 Å². The molecule has 3 atom stereocenters. The van der Waals surface area contributed by atoms with Crippen molar-refractivity contribution in [1.82, 2.24) is 4.90 Å². The third-order valence-corrected chi connectivity index (χ3v) is 4.30. The van der Waals surface area contributed by atoms with Crippen molar-refractivity contribution >= 4 is 11.9 Å². The average molecular weight is 239 g/mol. The second-order valence-electron chi connectivity index (χ2n) is 5.21. The van der Waals surface area contributed by atoms with Gasteiger partial charge in [-0.1, -0.05) is 6.42 Å². The molecule has 2 bridgehead atoms. The zero-order valence-corrected chi connectivity index (χ0v) is 10.6. The fourth-order valence-electron chi connectivity index (χ4n) is 3.35. The Kier molecular flexibility index (Phi) is 3.69. The van der Waals surface area contributed by atoms with E-state index in [4.69, 9.17) is 0 Å². The summed E-state index contributed by atoms with van der Waals surface area (Å²) < 4.78 is 4.62. The molecule has 2 aliphatic carbocycles. The van der Waals surface area contributed by atoms with Crippen molar-refractivity contribution in [1.29, 1.82) is 0 Å². The zero-order chi connectivity index (χ0) is 12.4. The number of nitrogens with zero attached hydrogens (tertiary/aromatic N) is 1. The average Bonchev–Trinajstić information content (AvgIpc) is 2.96. The minimum Gasteiger partial charge on any atom is -0.468 e. The van der Waals surface area contributed by atoms with Crippen molar-refractivity contribution in [3.63, 3.8) is 0 Å². The van der Waals surface area contributed by atoms with E-state index in [1.807, 2.05) is 6.92 Å². The molecule has 3 unspecified atom stereocenters. The van der Waals surface area contributed by atoms with E-state index in [1.54, 1.807) is 4.90 Å². The third-order valence-electron chi connectivity index (χ3n) is 4.30. The van der Waals surface area contributed by atoms with E-state index >= 15 is 0 Å². The first kappa shape index (κ1) is 12.4. The minimum absolute atomic E-state index is 0.0969. The quantitative estimate of drug-likeness (QED) is 0.697. The standard InChI is InChI=1S/C13H21NO3/c1-3-14(8-12(15)17-2)13(16)11-7-9-4-5-10(11)6-9/h9-11H,3-8H2,1-2H3. The van der Waals surface area contributed by atoms with Gasteiger partial charge in [0.15, 0.2) is 0 Å². The van der Waals surface area contributed by atoms with Crippen LogP contribution in [0.1, 0.15) is 32.6 Å². The molecule has 2 saturated carbocycles. The summed E-state index contributed by atoms with van der Waals surface area (Å²) in [6, 6.07) is 0. The van der Waals surface area contributed by atoms with E-state index in [0.29, 0.717) is 12.5 Å². The van der Waals surface area contributed by atoms with Gasteiger partial charge in [-0.05, 0) is 38.0 Å². The molecule has 0 aromatic heterocycles. The Bertz CT molecular complexity index is 316. The first-order valence-electron chi connectivity index (χ1n) is 6.51. The topological polar surface area (TPSA) is 46.6 Å². The van der Waals surface area contributed by atoms with Crippen LogP contribution in [0, 0.1) is 17.8 Å². The number of methoxy groups -OCH3 is 1. The summed E-state index contributed by atoms with van der Waals surface area (Å²) in [7, 11) is 1.36. The monoisotopic (exact) mass is 239 g/mol. The number of hydrogen-bond acceptors (Lipinski definition) is 3. The lowest BCUT2D eigenvalue weighted by molar-refractivity contribution is -0.149. The molecule has 0 radical (unpaired) electrons. The van der Waals surface area contributed by atoms with Gasteiger partial charge >= 0.3 is 5.97 Å².